The molecule has 2 aliphatic rings. The van der Waals surface area contributed by atoms with Crippen LogP contribution in [0, 0.1) is 5.82 Å². The summed E-state index contributed by atoms with van der Waals surface area (Å²) in [5.74, 6) is -0.528. The molecule has 3 aromatic carbocycles. The van der Waals surface area contributed by atoms with Gasteiger partial charge >= 0.3 is 0 Å². The number of amides is 3. The third-order valence-electron chi connectivity index (χ3n) is 7.43. The fraction of sp³-hybridized carbons (Fsp3) is 0.323. The van der Waals surface area contributed by atoms with Crippen LogP contribution < -0.4 is 20.3 Å². The van der Waals surface area contributed by atoms with Gasteiger partial charge in [0.15, 0.2) is 0 Å². The van der Waals surface area contributed by atoms with E-state index in [9.17, 15) is 18.8 Å². The summed E-state index contributed by atoms with van der Waals surface area (Å²) in [6.45, 7) is 4.88. The van der Waals surface area contributed by atoms with Gasteiger partial charge in [-0.1, -0.05) is 12.1 Å². The molecular formula is C31H34FN5O4. The van der Waals surface area contributed by atoms with Crippen molar-refractivity contribution in [2.45, 2.75) is 6.42 Å². The number of nitrogens with one attached hydrogen (secondary N) is 2. The molecule has 0 unspecified atom stereocenters. The van der Waals surface area contributed by atoms with Crippen molar-refractivity contribution < 1.29 is 23.5 Å². The Morgan fingerprint density at radius 1 is 0.780 bits per heavy atom. The van der Waals surface area contributed by atoms with Crippen LogP contribution in [0.1, 0.15) is 37.5 Å². The van der Waals surface area contributed by atoms with Gasteiger partial charge < -0.3 is 30.1 Å². The molecule has 0 atom stereocenters. The maximum atomic E-state index is 13.8. The highest BCUT2D eigenvalue weighted by Gasteiger charge is 2.26. The molecule has 0 spiro atoms. The summed E-state index contributed by atoms with van der Waals surface area (Å²) in [5, 5.41) is 6.21. The molecule has 9 nitrogen and oxygen atoms in total. The lowest BCUT2D eigenvalue weighted by atomic mass is 10.1. The summed E-state index contributed by atoms with van der Waals surface area (Å²) in [4.78, 5) is 45.3. The second kappa shape index (κ2) is 12.8. The summed E-state index contributed by atoms with van der Waals surface area (Å²) in [6.07, 6.45) is 0.867. The molecule has 2 fully saturated rings. The Morgan fingerprint density at radius 3 is 2.24 bits per heavy atom. The van der Waals surface area contributed by atoms with Crippen LogP contribution in [0.25, 0.3) is 0 Å². The van der Waals surface area contributed by atoms with Crippen LogP contribution in [0.2, 0.25) is 0 Å². The van der Waals surface area contributed by atoms with Gasteiger partial charge in [-0.3, -0.25) is 14.4 Å². The number of ether oxygens (including phenoxy) is 1. The molecule has 0 aliphatic carbocycles. The molecule has 214 valence electrons. The first-order valence-electron chi connectivity index (χ1n) is 13.8. The van der Waals surface area contributed by atoms with Crippen molar-refractivity contribution in [3.63, 3.8) is 0 Å². The van der Waals surface area contributed by atoms with Gasteiger partial charge in [-0.15, -0.1) is 0 Å². The predicted molar refractivity (Wildman–Crippen MR) is 155 cm³/mol. The fourth-order valence-corrected chi connectivity index (χ4v) is 5.19. The summed E-state index contributed by atoms with van der Waals surface area (Å²) in [7, 11) is 1.57. The number of anilines is 2. The van der Waals surface area contributed by atoms with Gasteiger partial charge in [0.25, 0.3) is 17.7 Å². The van der Waals surface area contributed by atoms with Crippen LogP contribution in [0.4, 0.5) is 15.8 Å². The zero-order chi connectivity index (χ0) is 28.8. The van der Waals surface area contributed by atoms with Gasteiger partial charge in [0.05, 0.1) is 18.5 Å². The smallest absolute Gasteiger partial charge is 0.255 e. The number of rotatable bonds is 6. The Kier molecular flexibility index (Phi) is 8.79. The maximum Gasteiger partial charge on any atom is 0.255 e. The number of methoxy groups -OCH3 is 1. The average Bonchev–Trinajstić information content (AvgIpc) is 3.30. The predicted octanol–water partition coefficient (Wildman–Crippen LogP) is 3.48. The molecule has 41 heavy (non-hydrogen) atoms. The minimum Gasteiger partial charge on any atom is -0.497 e. The fourth-order valence-electron chi connectivity index (χ4n) is 5.19. The first kappa shape index (κ1) is 28.1. The standard InChI is InChI=1S/C31H34FN5O4/c1-41-26-8-3-6-23(20-26)30(39)37-17-15-35(16-18-37)28-10-9-24(31(40)36-13-4-11-33-12-14-36)21-27(28)34-29(38)22-5-2-7-25(32)19-22/h2-3,5-10,19-21,33H,4,11-18H2,1H3,(H,34,38). The van der Waals surface area contributed by atoms with E-state index in [-0.39, 0.29) is 17.4 Å². The average molecular weight is 560 g/mol. The molecule has 3 amide bonds. The van der Waals surface area contributed by atoms with E-state index < -0.39 is 11.7 Å². The molecule has 10 heteroatoms. The van der Waals surface area contributed by atoms with Crippen molar-refractivity contribution in [1.29, 1.82) is 0 Å². The van der Waals surface area contributed by atoms with E-state index in [1.807, 2.05) is 11.0 Å². The summed E-state index contributed by atoms with van der Waals surface area (Å²) < 4.78 is 19.1. The number of hydrogen-bond donors (Lipinski definition) is 2. The van der Waals surface area contributed by atoms with E-state index in [0.29, 0.717) is 61.8 Å². The zero-order valence-corrected chi connectivity index (χ0v) is 23.1. The second-order valence-corrected chi connectivity index (χ2v) is 10.1. The zero-order valence-electron chi connectivity index (χ0n) is 23.1. The van der Waals surface area contributed by atoms with Crippen LogP contribution in [-0.4, -0.2) is 87.0 Å². The topological polar surface area (TPSA) is 94.2 Å². The largest absolute Gasteiger partial charge is 0.497 e. The molecule has 2 N–H and O–H groups in total. The van der Waals surface area contributed by atoms with Crippen LogP contribution in [-0.2, 0) is 0 Å². The van der Waals surface area contributed by atoms with Crippen molar-refractivity contribution in [2.24, 2.45) is 0 Å². The lowest BCUT2D eigenvalue weighted by molar-refractivity contribution is 0.0743. The molecule has 5 rings (SSSR count). The van der Waals surface area contributed by atoms with Crippen LogP contribution in [0.3, 0.4) is 0 Å². The highest BCUT2D eigenvalue weighted by Crippen LogP contribution is 2.30. The summed E-state index contributed by atoms with van der Waals surface area (Å²) in [6, 6.07) is 17.9. The van der Waals surface area contributed by atoms with Crippen molar-refractivity contribution in [3.05, 3.63) is 89.2 Å². The molecule has 0 radical (unpaired) electrons. The monoisotopic (exact) mass is 559 g/mol. The van der Waals surface area contributed by atoms with Crippen molar-refractivity contribution in [2.75, 3.05) is 69.7 Å². The molecule has 0 bridgehead atoms. The number of benzene rings is 3. The van der Waals surface area contributed by atoms with Gasteiger partial charge in [0.2, 0.25) is 0 Å². The van der Waals surface area contributed by atoms with E-state index in [1.54, 1.807) is 54.5 Å². The lowest BCUT2D eigenvalue weighted by Crippen LogP contribution is -2.49. The summed E-state index contributed by atoms with van der Waals surface area (Å²) >= 11 is 0. The van der Waals surface area contributed by atoms with E-state index in [4.69, 9.17) is 4.74 Å². The quantitative estimate of drug-likeness (QED) is 0.481. The second-order valence-electron chi connectivity index (χ2n) is 10.1. The van der Waals surface area contributed by atoms with Gasteiger partial charge in [-0.2, -0.15) is 0 Å². The minimum absolute atomic E-state index is 0.0731. The number of piperazine rings is 1. The molecule has 2 saturated heterocycles. The highest BCUT2D eigenvalue weighted by atomic mass is 19.1. The maximum absolute atomic E-state index is 13.8. The van der Waals surface area contributed by atoms with Crippen LogP contribution in [0.5, 0.6) is 5.75 Å². The first-order chi connectivity index (χ1) is 19.9. The normalized spacial score (nSPS) is 15.7. The summed E-state index contributed by atoms with van der Waals surface area (Å²) in [5.41, 5.74) is 2.41. The number of hydrogen-bond acceptors (Lipinski definition) is 6. The van der Waals surface area contributed by atoms with Gasteiger partial charge in [0.1, 0.15) is 11.6 Å². The Morgan fingerprint density at radius 2 is 1.49 bits per heavy atom. The third-order valence-corrected chi connectivity index (χ3v) is 7.43. The van der Waals surface area contributed by atoms with E-state index in [2.05, 4.69) is 15.5 Å². The van der Waals surface area contributed by atoms with Gasteiger partial charge in [0, 0.05) is 62.5 Å². The molecule has 0 aromatic heterocycles. The number of carbonyl (C=O) groups excluding carboxylic acids is 3. The Hall–Kier alpha value is -4.44. The SMILES string of the molecule is COc1cccc(C(=O)N2CCN(c3ccc(C(=O)N4CCCNCC4)cc3NC(=O)c3cccc(F)c3)CC2)c1. The minimum atomic E-state index is -0.506. The van der Waals surface area contributed by atoms with Crippen LogP contribution >= 0.6 is 0 Å². The number of nitrogens with zero attached hydrogens (tertiary/aromatic N) is 3. The number of halogens is 1. The molecule has 3 aromatic rings. The van der Waals surface area contributed by atoms with Crippen molar-refractivity contribution in [3.8, 4) is 5.75 Å². The van der Waals surface area contributed by atoms with Gasteiger partial charge in [-0.05, 0) is 67.6 Å². The Balaban J connectivity index is 1.36. The third kappa shape index (κ3) is 6.66. The molecule has 0 saturated carbocycles. The molecule has 2 heterocycles. The lowest BCUT2D eigenvalue weighted by Gasteiger charge is -2.37. The van der Waals surface area contributed by atoms with E-state index >= 15 is 0 Å². The number of carbonyl (C=O) groups is 3. The highest BCUT2D eigenvalue weighted by molar-refractivity contribution is 6.07. The van der Waals surface area contributed by atoms with E-state index in [1.165, 1.54) is 18.2 Å². The van der Waals surface area contributed by atoms with Crippen molar-refractivity contribution in [1.82, 2.24) is 15.1 Å². The molecular weight excluding hydrogens is 525 g/mol. The van der Waals surface area contributed by atoms with Crippen LogP contribution in [0.15, 0.2) is 66.7 Å². The first-order valence-corrected chi connectivity index (χ1v) is 13.8. The van der Waals surface area contributed by atoms with E-state index in [0.717, 1.165) is 25.2 Å². The van der Waals surface area contributed by atoms with Crippen molar-refractivity contribution >= 4 is 29.1 Å². The Labute approximate surface area is 238 Å². The molecule has 2 aliphatic heterocycles. The van der Waals surface area contributed by atoms with Gasteiger partial charge in [-0.25, -0.2) is 4.39 Å². The Bertz CT molecular complexity index is 1420.